The predicted octanol–water partition coefficient (Wildman–Crippen LogP) is 1.81. The largest absolute Gasteiger partial charge is 0.294 e. The molecule has 0 amide bonds. The Morgan fingerprint density at radius 3 is 2.06 bits per heavy atom. The van der Waals surface area contributed by atoms with Crippen molar-refractivity contribution >= 4 is 22.7 Å². The van der Waals surface area contributed by atoms with Crippen LogP contribution in [0, 0.1) is 0 Å². The number of hydrogen-bond donors (Lipinski definition) is 2. The molecule has 2 rings (SSSR count). The van der Waals surface area contributed by atoms with Gasteiger partial charge in [-0.05, 0) is 22.6 Å². The number of thiol groups is 1. The second-order valence-electron chi connectivity index (χ2n) is 3.01. The molecular weight excluding hydrogens is 252 g/mol. The van der Waals surface area contributed by atoms with Gasteiger partial charge in [0.2, 0.25) is 0 Å². The summed E-state index contributed by atoms with van der Waals surface area (Å²) in [6.07, 6.45) is 0. The summed E-state index contributed by atoms with van der Waals surface area (Å²) in [7, 11) is -4.20. The standard InChI is InChI=1S/C7H6N4O3S2/c12-16(13,14)6-3-1-5(2-4-6)7(15)8-10-11-9-7/h1-4,15H,(H,12,13,14). The molecular formula is C7H6N4O3S2. The van der Waals surface area contributed by atoms with Gasteiger partial charge >= 0.3 is 0 Å². The van der Waals surface area contributed by atoms with E-state index in [9.17, 15) is 8.42 Å². The van der Waals surface area contributed by atoms with E-state index < -0.39 is 15.1 Å². The highest BCUT2D eigenvalue weighted by Gasteiger charge is 2.30. The van der Waals surface area contributed by atoms with Gasteiger partial charge in [-0.3, -0.25) is 4.55 Å². The van der Waals surface area contributed by atoms with Gasteiger partial charge in [0.15, 0.2) is 0 Å². The number of hydrogen-bond acceptors (Lipinski definition) is 7. The molecule has 0 aromatic heterocycles. The summed E-state index contributed by atoms with van der Waals surface area (Å²) in [5, 5.41) is 14.0. The molecule has 0 bridgehead atoms. The van der Waals surface area contributed by atoms with Crippen molar-refractivity contribution in [2.75, 3.05) is 0 Å². The topological polar surface area (TPSA) is 104 Å². The van der Waals surface area contributed by atoms with Crippen LogP contribution in [0.4, 0.5) is 0 Å². The Labute approximate surface area is 96.4 Å². The molecule has 1 aliphatic rings. The van der Waals surface area contributed by atoms with E-state index in [0.29, 0.717) is 5.56 Å². The first-order valence-electron chi connectivity index (χ1n) is 4.06. The van der Waals surface area contributed by atoms with Gasteiger partial charge in [0.1, 0.15) is 0 Å². The number of rotatable bonds is 2. The molecule has 0 atom stereocenters. The highest BCUT2D eigenvalue weighted by molar-refractivity contribution is 7.85. The molecule has 16 heavy (non-hydrogen) atoms. The van der Waals surface area contributed by atoms with Gasteiger partial charge in [0.25, 0.3) is 15.1 Å². The summed E-state index contributed by atoms with van der Waals surface area (Å²) in [4.78, 5) is -1.42. The van der Waals surface area contributed by atoms with Crippen molar-refractivity contribution in [2.45, 2.75) is 9.89 Å². The second-order valence-corrected chi connectivity index (χ2v) is 5.06. The minimum atomic E-state index is -4.20. The molecule has 0 saturated carbocycles. The van der Waals surface area contributed by atoms with Gasteiger partial charge in [-0.2, -0.15) is 8.42 Å². The number of benzene rings is 1. The predicted molar refractivity (Wildman–Crippen MR) is 56.6 cm³/mol. The van der Waals surface area contributed by atoms with Crippen molar-refractivity contribution in [3.8, 4) is 0 Å². The quantitative estimate of drug-likeness (QED) is 0.624. The molecule has 0 spiro atoms. The maximum atomic E-state index is 10.8. The van der Waals surface area contributed by atoms with Gasteiger partial charge < -0.3 is 0 Å². The molecule has 1 aromatic carbocycles. The van der Waals surface area contributed by atoms with Crippen LogP contribution in [-0.4, -0.2) is 13.0 Å². The minimum Gasteiger partial charge on any atom is -0.282 e. The van der Waals surface area contributed by atoms with Crippen molar-refractivity contribution in [2.24, 2.45) is 20.7 Å². The van der Waals surface area contributed by atoms with E-state index in [2.05, 4.69) is 33.3 Å². The first-order chi connectivity index (χ1) is 7.42. The van der Waals surface area contributed by atoms with Crippen LogP contribution in [-0.2, 0) is 15.1 Å². The van der Waals surface area contributed by atoms with E-state index in [0.717, 1.165) is 0 Å². The Morgan fingerprint density at radius 1 is 1.12 bits per heavy atom. The van der Waals surface area contributed by atoms with E-state index >= 15 is 0 Å². The van der Waals surface area contributed by atoms with Crippen LogP contribution < -0.4 is 0 Å². The molecule has 9 heteroatoms. The van der Waals surface area contributed by atoms with Crippen LogP contribution >= 0.6 is 12.6 Å². The van der Waals surface area contributed by atoms with Crippen LogP contribution in [0.3, 0.4) is 0 Å². The zero-order valence-corrected chi connectivity index (χ0v) is 9.43. The van der Waals surface area contributed by atoms with Crippen molar-refractivity contribution < 1.29 is 13.0 Å². The molecule has 84 valence electrons. The van der Waals surface area contributed by atoms with Crippen LogP contribution in [0.1, 0.15) is 5.56 Å². The maximum absolute atomic E-state index is 10.8. The molecule has 0 fully saturated rings. The maximum Gasteiger partial charge on any atom is 0.294 e. The van der Waals surface area contributed by atoms with Crippen molar-refractivity contribution in [1.29, 1.82) is 0 Å². The van der Waals surface area contributed by atoms with Crippen LogP contribution in [0.5, 0.6) is 0 Å². The lowest BCUT2D eigenvalue weighted by molar-refractivity contribution is 0.483. The van der Waals surface area contributed by atoms with E-state index in [1.165, 1.54) is 24.3 Å². The molecule has 0 unspecified atom stereocenters. The fourth-order valence-corrected chi connectivity index (χ4v) is 1.86. The first-order valence-corrected chi connectivity index (χ1v) is 5.95. The van der Waals surface area contributed by atoms with Crippen LogP contribution in [0.25, 0.3) is 0 Å². The van der Waals surface area contributed by atoms with Gasteiger partial charge in [-0.1, -0.05) is 12.1 Å². The highest BCUT2D eigenvalue weighted by Crippen LogP contribution is 2.36. The summed E-state index contributed by atoms with van der Waals surface area (Å²) in [6.45, 7) is 0. The molecule has 0 radical (unpaired) electrons. The van der Waals surface area contributed by atoms with Gasteiger partial charge in [-0.25, -0.2) is 0 Å². The zero-order chi connectivity index (χ0) is 11.8. The summed E-state index contributed by atoms with van der Waals surface area (Å²) in [5.74, 6) is 0. The van der Waals surface area contributed by atoms with E-state index in [-0.39, 0.29) is 4.90 Å². The number of nitrogens with zero attached hydrogens (tertiary/aromatic N) is 4. The SMILES string of the molecule is O=S(=O)(O)c1ccc(C2(S)N=NN=N2)cc1. The normalized spacial score (nSPS) is 17.9. The minimum absolute atomic E-state index is 0.208. The Hall–Kier alpha value is -1.32. The molecule has 1 heterocycles. The van der Waals surface area contributed by atoms with Gasteiger partial charge in [-0.15, -0.1) is 22.9 Å². The van der Waals surface area contributed by atoms with Gasteiger partial charge in [0, 0.05) is 5.56 Å². The lowest BCUT2D eigenvalue weighted by Gasteiger charge is -2.12. The lowest BCUT2D eigenvalue weighted by Crippen LogP contribution is -2.09. The smallest absolute Gasteiger partial charge is 0.282 e. The molecule has 1 N–H and O–H groups in total. The first kappa shape index (κ1) is 11.2. The van der Waals surface area contributed by atoms with Crippen molar-refractivity contribution in [1.82, 2.24) is 0 Å². The summed E-state index contributed by atoms with van der Waals surface area (Å²) >= 11 is 4.14. The van der Waals surface area contributed by atoms with Gasteiger partial charge in [0.05, 0.1) is 4.90 Å². The fourth-order valence-electron chi connectivity index (χ4n) is 1.15. The Balaban J connectivity index is 2.41. The van der Waals surface area contributed by atoms with Crippen LogP contribution in [0.2, 0.25) is 0 Å². The Morgan fingerprint density at radius 2 is 1.62 bits per heavy atom. The molecule has 0 aliphatic carbocycles. The fraction of sp³-hybridized carbons (Fsp3) is 0.143. The monoisotopic (exact) mass is 258 g/mol. The Kier molecular flexibility index (Phi) is 2.52. The molecule has 0 saturated heterocycles. The third kappa shape index (κ3) is 1.96. The zero-order valence-electron chi connectivity index (χ0n) is 7.72. The average molecular weight is 258 g/mol. The molecule has 7 nitrogen and oxygen atoms in total. The highest BCUT2D eigenvalue weighted by atomic mass is 32.2. The molecule has 1 aliphatic heterocycles. The van der Waals surface area contributed by atoms with E-state index in [4.69, 9.17) is 4.55 Å². The summed E-state index contributed by atoms with van der Waals surface area (Å²) in [6, 6.07) is 5.32. The van der Waals surface area contributed by atoms with Crippen molar-refractivity contribution in [3.63, 3.8) is 0 Å². The summed E-state index contributed by atoms with van der Waals surface area (Å²) in [5.41, 5.74) is 0.508. The third-order valence-electron chi connectivity index (χ3n) is 1.95. The second kappa shape index (κ2) is 3.61. The third-order valence-corrected chi connectivity index (χ3v) is 3.25. The average Bonchev–Trinajstić information content (AvgIpc) is 2.66. The Bertz CT molecular complexity index is 552. The van der Waals surface area contributed by atoms with Crippen LogP contribution in [0.15, 0.2) is 49.8 Å². The van der Waals surface area contributed by atoms with E-state index in [1.807, 2.05) is 0 Å². The van der Waals surface area contributed by atoms with Crippen molar-refractivity contribution in [3.05, 3.63) is 29.8 Å². The summed E-state index contributed by atoms with van der Waals surface area (Å²) < 4.78 is 30.4. The lowest BCUT2D eigenvalue weighted by atomic mass is 10.2. The molecule has 1 aromatic rings. The van der Waals surface area contributed by atoms with E-state index in [1.54, 1.807) is 0 Å².